The zero-order chi connectivity index (χ0) is 13.8. The van der Waals surface area contributed by atoms with E-state index in [9.17, 15) is 4.79 Å². The van der Waals surface area contributed by atoms with E-state index in [0.717, 1.165) is 12.1 Å². The summed E-state index contributed by atoms with van der Waals surface area (Å²) in [4.78, 5) is 16.6. The zero-order valence-electron chi connectivity index (χ0n) is 10.6. The van der Waals surface area contributed by atoms with Crippen molar-refractivity contribution in [3.05, 3.63) is 39.8 Å². The van der Waals surface area contributed by atoms with Gasteiger partial charge in [0.15, 0.2) is 0 Å². The lowest BCUT2D eigenvalue weighted by Gasteiger charge is -2.10. The number of ether oxygens (including phenoxy) is 1. The van der Waals surface area contributed by atoms with Gasteiger partial charge in [0.05, 0.1) is 23.4 Å². The lowest BCUT2D eigenvalue weighted by molar-refractivity contribution is 0.0996. The minimum absolute atomic E-state index is 0.343. The van der Waals surface area contributed by atoms with E-state index in [1.807, 2.05) is 6.92 Å². The third-order valence-electron chi connectivity index (χ3n) is 2.70. The number of benzene rings is 1. The fourth-order valence-corrected chi connectivity index (χ4v) is 2.44. The minimum atomic E-state index is -0.524. The topological polar surface area (TPSA) is 91.2 Å². The van der Waals surface area contributed by atoms with Crippen molar-refractivity contribution in [1.82, 2.24) is 4.98 Å². The van der Waals surface area contributed by atoms with E-state index >= 15 is 0 Å². The summed E-state index contributed by atoms with van der Waals surface area (Å²) < 4.78 is 5.61. The maximum atomic E-state index is 11.3. The monoisotopic (exact) mass is 277 g/mol. The number of carbonyl (C=O) groups excluding carboxylic acids is 1. The Morgan fingerprint density at radius 3 is 2.89 bits per heavy atom. The molecule has 1 aromatic heterocycles. The Hall–Kier alpha value is -2.08. The molecular weight excluding hydrogens is 262 g/mol. The highest BCUT2D eigenvalue weighted by molar-refractivity contribution is 7.09. The van der Waals surface area contributed by atoms with E-state index in [1.165, 1.54) is 4.88 Å². The zero-order valence-corrected chi connectivity index (χ0v) is 11.4. The minimum Gasteiger partial charge on any atom is -0.492 e. The van der Waals surface area contributed by atoms with E-state index in [-0.39, 0.29) is 0 Å². The molecule has 5 nitrogen and oxygen atoms in total. The molecule has 0 aliphatic carbocycles. The number of nitrogens with two attached hydrogens (primary N) is 2. The van der Waals surface area contributed by atoms with Crippen molar-refractivity contribution >= 4 is 22.9 Å². The SMILES string of the molecule is Cc1ncsc1CCOc1cc(N)ccc1C(N)=O. The van der Waals surface area contributed by atoms with Crippen molar-refractivity contribution in [3.8, 4) is 5.75 Å². The molecule has 2 rings (SSSR count). The molecule has 1 aromatic carbocycles. The number of rotatable bonds is 5. The lowest BCUT2D eigenvalue weighted by atomic mass is 10.1. The number of primary amides is 1. The van der Waals surface area contributed by atoms with Gasteiger partial charge in [0.2, 0.25) is 0 Å². The molecule has 0 saturated heterocycles. The first-order valence-electron chi connectivity index (χ1n) is 5.79. The van der Waals surface area contributed by atoms with Gasteiger partial charge in [0, 0.05) is 23.1 Å². The predicted molar refractivity (Wildman–Crippen MR) is 75.4 cm³/mol. The Labute approximate surface area is 115 Å². The quantitative estimate of drug-likeness (QED) is 0.814. The molecule has 0 fully saturated rings. The van der Waals surface area contributed by atoms with E-state index in [0.29, 0.717) is 23.6 Å². The molecule has 0 atom stereocenters. The molecule has 0 radical (unpaired) electrons. The van der Waals surface area contributed by atoms with Gasteiger partial charge in [-0.05, 0) is 19.1 Å². The van der Waals surface area contributed by atoms with Crippen molar-refractivity contribution in [2.75, 3.05) is 12.3 Å². The Balaban J connectivity index is 2.05. The number of aromatic nitrogens is 1. The van der Waals surface area contributed by atoms with Gasteiger partial charge >= 0.3 is 0 Å². The summed E-state index contributed by atoms with van der Waals surface area (Å²) >= 11 is 1.59. The van der Waals surface area contributed by atoms with Crippen LogP contribution in [0.25, 0.3) is 0 Å². The second-order valence-corrected chi connectivity index (χ2v) is 5.02. The second-order valence-electron chi connectivity index (χ2n) is 4.08. The van der Waals surface area contributed by atoms with Crippen molar-refractivity contribution in [2.45, 2.75) is 13.3 Å². The van der Waals surface area contributed by atoms with Crippen LogP contribution in [0.4, 0.5) is 5.69 Å². The summed E-state index contributed by atoms with van der Waals surface area (Å²) in [5.41, 5.74) is 14.7. The van der Waals surface area contributed by atoms with Crippen molar-refractivity contribution in [2.24, 2.45) is 5.73 Å². The van der Waals surface area contributed by atoms with Crippen LogP contribution in [0.2, 0.25) is 0 Å². The summed E-state index contributed by atoms with van der Waals surface area (Å²) in [7, 11) is 0. The van der Waals surface area contributed by atoms with Gasteiger partial charge in [-0.2, -0.15) is 0 Å². The molecule has 1 amide bonds. The molecule has 1 heterocycles. The summed E-state index contributed by atoms with van der Waals surface area (Å²) in [6.07, 6.45) is 0.740. The van der Waals surface area contributed by atoms with Crippen LogP contribution in [0, 0.1) is 6.92 Å². The van der Waals surface area contributed by atoms with E-state index in [2.05, 4.69) is 4.98 Å². The largest absolute Gasteiger partial charge is 0.492 e. The normalized spacial score (nSPS) is 10.4. The average Bonchev–Trinajstić information content (AvgIpc) is 2.75. The molecule has 0 saturated carbocycles. The predicted octanol–water partition coefficient (Wildman–Crippen LogP) is 1.75. The van der Waals surface area contributed by atoms with Gasteiger partial charge in [-0.3, -0.25) is 4.79 Å². The Kier molecular flexibility index (Phi) is 4.01. The van der Waals surface area contributed by atoms with Crippen LogP contribution in [-0.2, 0) is 6.42 Å². The number of nitrogen functional groups attached to an aromatic ring is 1. The first kappa shape index (κ1) is 13.4. The van der Waals surface area contributed by atoms with Crippen LogP contribution in [0.3, 0.4) is 0 Å². The number of hydrogen-bond donors (Lipinski definition) is 2. The molecule has 6 heteroatoms. The highest BCUT2D eigenvalue weighted by Crippen LogP contribution is 2.22. The third-order valence-corrected chi connectivity index (χ3v) is 3.70. The Bertz CT molecular complexity index is 595. The Morgan fingerprint density at radius 1 is 1.47 bits per heavy atom. The summed E-state index contributed by atoms with van der Waals surface area (Å²) in [6, 6.07) is 4.81. The first-order valence-corrected chi connectivity index (χ1v) is 6.67. The number of carbonyl (C=O) groups is 1. The summed E-state index contributed by atoms with van der Waals surface area (Å²) in [6.45, 7) is 2.41. The third kappa shape index (κ3) is 3.23. The van der Waals surface area contributed by atoms with Crippen LogP contribution in [-0.4, -0.2) is 17.5 Å². The summed E-state index contributed by atoms with van der Waals surface area (Å²) in [5.74, 6) is -0.0985. The second kappa shape index (κ2) is 5.71. The van der Waals surface area contributed by atoms with Crippen molar-refractivity contribution < 1.29 is 9.53 Å². The van der Waals surface area contributed by atoms with Gasteiger partial charge < -0.3 is 16.2 Å². The number of thiazole rings is 1. The highest BCUT2D eigenvalue weighted by Gasteiger charge is 2.10. The van der Waals surface area contributed by atoms with Crippen LogP contribution in [0.5, 0.6) is 5.75 Å². The number of nitrogens with zero attached hydrogens (tertiary/aromatic N) is 1. The molecule has 2 aromatic rings. The van der Waals surface area contributed by atoms with Gasteiger partial charge in [0.1, 0.15) is 5.75 Å². The molecule has 0 aliphatic heterocycles. The van der Waals surface area contributed by atoms with Gasteiger partial charge in [-0.15, -0.1) is 11.3 Å². The Morgan fingerprint density at radius 2 is 2.26 bits per heavy atom. The van der Waals surface area contributed by atoms with Crippen LogP contribution < -0.4 is 16.2 Å². The van der Waals surface area contributed by atoms with Gasteiger partial charge in [0.25, 0.3) is 5.91 Å². The number of anilines is 1. The molecule has 19 heavy (non-hydrogen) atoms. The van der Waals surface area contributed by atoms with E-state index in [4.69, 9.17) is 16.2 Å². The maximum absolute atomic E-state index is 11.3. The molecule has 0 bridgehead atoms. The fourth-order valence-electron chi connectivity index (χ4n) is 1.68. The standard InChI is InChI=1S/C13H15N3O2S/c1-8-12(19-7-16-8)4-5-18-11-6-9(14)2-3-10(11)13(15)17/h2-3,6-7H,4-5,14H2,1H3,(H2,15,17). The molecule has 100 valence electrons. The smallest absolute Gasteiger partial charge is 0.252 e. The van der Waals surface area contributed by atoms with E-state index in [1.54, 1.807) is 35.0 Å². The number of amides is 1. The first-order chi connectivity index (χ1) is 9.08. The average molecular weight is 277 g/mol. The van der Waals surface area contributed by atoms with Crippen LogP contribution in [0.1, 0.15) is 20.9 Å². The van der Waals surface area contributed by atoms with Crippen LogP contribution >= 0.6 is 11.3 Å². The van der Waals surface area contributed by atoms with E-state index < -0.39 is 5.91 Å². The molecular formula is C13H15N3O2S. The number of aryl methyl sites for hydroxylation is 1. The number of hydrogen-bond acceptors (Lipinski definition) is 5. The van der Waals surface area contributed by atoms with Crippen molar-refractivity contribution in [3.63, 3.8) is 0 Å². The molecule has 0 aliphatic rings. The summed E-state index contributed by atoms with van der Waals surface area (Å²) in [5, 5.41) is 0. The molecule has 4 N–H and O–H groups in total. The van der Waals surface area contributed by atoms with Crippen LogP contribution in [0.15, 0.2) is 23.7 Å². The fraction of sp³-hybridized carbons (Fsp3) is 0.231. The van der Waals surface area contributed by atoms with Gasteiger partial charge in [-0.25, -0.2) is 4.98 Å². The lowest BCUT2D eigenvalue weighted by Crippen LogP contribution is -2.14. The van der Waals surface area contributed by atoms with Gasteiger partial charge in [-0.1, -0.05) is 0 Å². The molecule has 0 unspecified atom stereocenters. The maximum Gasteiger partial charge on any atom is 0.252 e. The molecule has 0 spiro atoms. The van der Waals surface area contributed by atoms with Crippen molar-refractivity contribution in [1.29, 1.82) is 0 Å². The highest BCUT2D eigenvalue weighted by atomic mass is 32.1.